The van der Waals surface area contributed by atoms with E-state index < -0.39 is 35.8 Å². The quantitative estimate of drug-likeness (QED) is 0.132. The number of carbonyl (C=O) groups excluding carboxylic acids is 3. The Balaban J connectivity index is 1.56. The van der Waals surface area contributed by atoms with Gasteiger partial charge in [-0.05, 0) is 68.4 Å². The number of hydrogen-bond acceptors (Lipinski definition) is 9. The van der Waals surface area contributed by atoms with Crippen molar-refractivity contribution in [3.63, 3.8) is 0 Å². The average molecular weight is 634 g/mol. The number of rotatable bonds is 16. The van der Waals surface area contributed by atoms with Gasteiger partial charge in [-0.25, -0.2) is 0 Å². The lowest BCUT2D eigenvalue weighted by molar-refractivity contribution is -0.161. The molecule has 43 heavy (non-hydrogen) atoms. The highest BCUT2D eigenvalue weighted by atomic mass is 35.5. The van der Waals surface area contributed by atoms with E-state index in [4.69, 9.17) is 51.6 Å². The number of esters is 3. The summed E-state index contributed by atoms with van der Waals surface area (Å²) < 4.78 is 33.5. The van der Waals surface area contributed by atoms with Crippen molar-refractivity contribution < 1.29 is 42.8 Å². The minimum atomic E-state index is -0.813. The monoisotopic (exact) mass is 632 g/mol. The highest BCUT2D eigenvalue weighted by Gasteiger charge is 2.23. The molecule has 0 aliphatic rings. The van der Waals surface area contributed by atoms with Crippen LogP contribution in [0.4, 0.5) is 0 Å². The van der Waals surface area contributed by atoms with Gasteiger partial charge in [-0.1, -0.05) is 41.4 Å². The predicted octanol–water partition coefficient (Wildman–Crippen LogP) is 6.32. The summed E-state index contributed by atoms with van der Waals surface area (Å²) in [5.41, 5.74) is 0.592. The van der Waals surface area contributed by atoms with Crippen LogP contribution in [-0.2, 0) is 35.2 Å². The molecule has 0 amide bonds. The Morgan fingerprint density at radius 2 is 1.14 bits per heavy atom. The molecule has 0 spiro atoms. The summed E-state index contributed by atoms with van der Waals surface area (Å²) in [6, 6.07) is 20.4. The molecule has 2 atom stereocenters. The van der Waals surface area contributed by atoms with Gasteiger partial charge in [0.25, 0.3) is 0 Å². The van der Waals surface area contributed by atoms with Gasteiger partial charge >= 0.3 is 17.9 Å². The molecular weight excluding hydrogens is 599 g/mol. The number of ether oxygens (including phenoxy) is 6. The Kier molecular flexibility index (Phi) is 13.6. The van der Waals surface area contributed by atoms with Crippen LogP contribution in [0.1, 0.15) is 26.3 Å². The van der Waals surface area contributed by atoms with Gasteiger partial charge < -0.3 is 28.4 Å². The molecule has 0 aliphatic heterocycles. The second-order valence-corrected chi connectivity index (χ2v) is 10.6. The van der Waals surface area contributed by atoms with Crippen LogP contribution in [0.2, 0.25) is 10.0 Å². The first-order valence-corrected chi connectivity index (χ1v) is 14.3. The van der Waals surface area contributed by atoms with E-state index in [2.05, 4.69) is 0 Å². The summed E-state index contributed by atoms with van der Waals surface area (Å²) in [7, 11) is 0. The minimum absolute atomic E-state index is 0.00762. The summed E-state index contributed by atoms with van der Waals surface area (Å²) in [4.78, 5) is 36.9. The molecule has 0 aliphatic carbocycles. The lowest BCUT2D eigenvalue weighted by Crippen LogP contribution is -2.32. The second-order valence-electron chi connectivity index (χ2n) is 9.73. The van der Waals surface area contributed by atoms with Gasteiger partial charge in [0, 0.05) is 22.5 Å². The molecule has 0 saturated heterocycles. The van der Waals surface area contributed by atoms with Crippen LogP contribution < -0.4 is 14.2 Å². The smallest absolute Gasteiger partial charge is 0.312 e. The number of carbonyl (C=O) groups is 3. The van der Waals surface area contributed by atoms with Crippen molar-refractivity contribution in [2.75, 3.05) is 26.4 Å². The van der Waals surface area contributed by atoms with Gasteiger partial charge in [-0.15, -0.1) is 0 Å². The second kappa shape index (κ2) is 17.4. The van der Waals surface area contributed by atoms with Crippen molar-refractivity contribution in [3.05, 3.63) is 88.4 Å². The van der Waals surface area contributed by atoms with Gasteiger partial charge in [0.1, 0.15) is 49.8 Å². The Labute approximate surface area is 260 Å². The Morgan fingerprint density at radius 1 is 0.674 bits per heavy atom. The van der Waals surface area contributed by atoms with Gasteiger partial charge in [0.15, 0.2) is 0 Å². The third-order valence-corrected chi connectivity index (χ3v) is 6.46. The molecule has 0 N–H and O–H groups in total. The van der Waals surface area contributed by atoms with E-state index >= 15 is 0 Å². The van der Waals surface area contributed by atoms with Gasteiger partial charge in [-0.2, -0.15) is 0 Å². The summed E-state index contributed by atoms with van der Waals surface area (Å²) in [6.45, 7) is 4.44. The Bertz CT molecular complexity index is 1260. The predicted molar refractivity (Wildman–Crippen MR) is 160 cm³/mol. The van der Waals surface area contributed by atoms with Crippen molar-refractivity contribution >= 4 is 41.1 Å². The van der Waals surface area contributed by atoms with E-state index in [0.717, 1.165) is 0 Å². The van der Waals surface area contributed by atoms with Crippen molar-refractivity contribution in [2.45, 2.75) is 33.5 Å². The van der Waals surface area contributed by atoms with Crippen molar-refractivity contribution in [1.82, 2.24) is 0 Å². The third-order valence-electron chi connectivity index (χ3n) is 5.96. The number of benzene rings is 3. The molecule has 0 radical (unpaired) electrons. The van der Waals surface area contributed by atoms with Crippen molar-refractivity contribution in [3.8, 4) is 17.2 Å². The maximum atomic E-state index is 12.7. The third kappa shape index (κ3) is 12.2. The number of para-hydroxylation sites is 1. The van der Waals surface area contributed by atoms with Crippen LogP contribution in [0.5, 0.6) is 17.2 Å². The van der Waals surface area contributed by atoms with Crippen LogP contribution in [0.3, 0.4) is 0 Å². The zero-order valence-corrected chi connectivity index (χ0v) is 25.6. The SMILES string of the molecule is CC(=O)Oc1ccccc1COC(COC(=O)C(C)COc1ccc(Cl)cc1)COC(=O)C(C)COc1ccc(Cl)cc1. The molecule has 11 heteroatoms. The lowest BCUT2D eigenvalue weighted by Gasteiger charge is -2.21. The zero-order chi connectivity index (χ0) is 31.2. The average Bonchev–Trinajstić information content (AvgIpc) is 2.99. The summed E-state index contributed by atoms with van der Waals surface area (Å²) in [6.07, 6.45) is -0.813. The van der Waals surface area contributed by atoms with Crippen LogP contribution in [0.25, 0.3) is 0 Å². The molecule has 3 aromatic rings. The molecule has 0 fully saturated rings. The maximum Gasteiger partial charge on any atom is 0.312 e. The highest BCUT2D eigenvalue weighted by Crippen LogP contribution is 2.21. The fourth-order valence-electron chi connectivity index (χ4n) is 3.50. The van der Waals surface area contributed by atoms with Crippen molar-refractivity contribution in [1.29, 1.82) is 0 Å². The zero-order valence-electron chi connectivity index (χ0n) is 24.1. The van der Waals surface area contributed by atoms with Gasteiger partial charge in [0.2, 0.25) is 0 Å². The first-order chi connectivity index (χ1) is 20.6. The van der Waals surface area contributed by atoms with E-state index in [0.29, 0.717) is 32.9 Å². The maximum absolute atomic E-state index is 12.7. The fourth-order valence-corrected chi connectivity index (χ4v) is 3.76. The standard InChI is InChI=1S/C32H34Cl2O9/c1-21(16-38-27-12-8-25(33)9-13-27)31(36)41-19-29(40-18-24-6-4-5-7-30(24)43-23(3)35)20-42-32(37)22(2)17-39-28-14-10-26(34)11-15-28/h4-15,21-22,29H,16-20H2,1-3H3. The first-order valence-electron chi connectivity index (χ1n) is 13.6. The van der Waals surface area contributed by atoms with E-state index in [1.54, 1.807) is 86.6 Å². The van der Waals surface area contributed by atoms with Crippen LogP contribution in [0, 0.1) is 11.8 Å². The topological polar surface area (TPSA) is 107 Å². The highest BCUT2D eigenvalue weighted by molar-refractivity contribution is 6.30. The fraction of sp³-hybridized carbons (Fsp3) is 0.344. The normalized spacial score (nSPS) is 12.9. The Hall–Kier alpha value is -3.79. The first kappa shape index (κ1) is 33.7. The molecule has 0 bridgehead atoms. The molecule has 0 saturated carbocycles. The lowest BCUT2D eigenvalue weighted by atomic mass is 10.2. The summed E-state index contributed by atoms with van der Waals surface area (Å²) in [5.74, 6) is -1.21. The molecule has 0 aromatic heterocycles. The molecule has 2 unspecified atom stereocenters. The summed E-state index contributed by atoms with van der Waals surface area (Å²) in [5, 5.41) is 1.15. The van der Waals surface area contributed by atoms with E-state index in [9.17, 15) is 14.4 Å². The molecule has 9 nitrogen and oxygen atoms in total. The van der Waals surface area contributed by atoms with E-state index in [-0.39, 0.29) is 33.0 Å². The van der Waals surface area contributed by atoms with E-state index in [1.807, 2.05) is 0 Å². The number of halogens is 2. The molecule has 3 rings (SSSR count). The molecule has 230 valence electrons. The van der Waals surface area contributed by atoms with Gasteiger partial charge in [0.05, 0.1) is 18.4 Å². The van der Waals surface area contributed by atoms with Gasteiger partial charge in [-0.3, -0.25) is 14.4 Å². The minimum Gasteiger partial charge on any atom is -0.493 e. The van der Waals surface area contributed by atoms with Crippen molar-refractivity contribution in [2.24, 2.45) is 11.8 Å². The van der Waals surface area contributed by atoms with Crippen LogP contribution in [-0.4, -0.2) is 50.4 Å². The Morgan fingerprint density at radius 3 is 1.60 bits per heavy atom. The largest absolute Gasteiger partial charge is 0.493 e. The molecule has 0 heterocycles. The number of hydrogen-bond donors (Lipinski definition) is 0. The van der Waals surface area contributed by atoms with E-state index in [1.165, 1.54) is 6.92 Å². The molecule has 3 aromatic carbocycles. The molecular formula is C32H34Cl2O9. The summed E-state index contributed by atoms with van der Waals surface area (Å²) >= 11 is 11.8. The van der Waals surface area contributed by atoms with Crippen LogP contribution >= 0.6 is 23.2 Å². The van der Waals surface area contributed by atoms with Crippen LogP contribution in [0.15, 0.2) is 72.8 Å².